The first-order chi connectivity index (χ1) is 12.3. The molecule has 0 saturated carbocycles. The number of ether oxygens (including phenoxy) is 2. The minimum Gasteiger partial charge on any atom is -0.463 e. The van der Waals surface area contributed by atoms with Crippen LogP contribution in [0.15, 0.2) is 12.2 Å². The molecule has 5 nitrogen and oxygen atoms in total. The fourth-order valence-electron chi connectivity index (χ4n) is 2.91. The van der Waals surface area contributed by atoms with Gasteiger partial charge >= 0.3 is 5.97 Å². The molecule has 0 bridgehead atoms. The van der Waals surface area contributed by atoms with Crippen LogP contribution in [0.4, 0.5) is 0 Å². The zero-order valence-electron chi connectivity index (χ0n) is 15.8. The monoisotopic (exact) mass is 356 g/mol. The van der Waals surface area contributed by atoms with Gasteiger partial charge in [-0.2, -0.15) is 0 Å². The van der Waals surface area contributed by atoms with Gasteiger partial charge in [0.2, 0.25) is 0 Å². The summed E-state index contributed by atoms with van der Waals surface area (Å²) in [5, 5.41) is 8.11. The third kappa shape index (κ3) is 13.0. The van der Waals surface area contributed by atoms with Crippen LogP contribution < -0.4 is 0 Å². The van der Waals surface area contributed by atoms with E-state index in [9.17, 15) is 4.79 Å². The van der Waals surface area contributed by atoms with Crippen molar-refractivity contribution in [3.05, 3.63) is 12.2 Å². The molecule has 1 saturated heterocycles. The van der Waals surface area contributed by atoms with E-state index in [4.69, 9.17) is 14.7 Å². The van der Waals surface area contributed by atoms with Crippen LogP contribution in [0.1, 0.15) is 84.0 Å². The lowest BCUT2D eigenvalue weighted by Crippen LogP contribution is -2.09. The molecule has 25 heavy (non-hydrogen) atoms. The normalized spacial score (nSPS) is 19.4. The number of esters is 1. The van der Waals surface area contributed by atoms with Gasteiger partial charge in [0.05, 0.1) is 12.2 Å². The molecule has 0 aromatic rings. The number of allylic oxidation sites excluding steroid dienone is 1. The Morgan fingerprint density at radius 2 is 1.80 bits per heavy atom. The summed E-state index contributed by atoms with van der Waals surface area (Å²) in [5.74, 6) is -0.213. The van der Waals surface area contributed by atoms with Crippen molar-refractivity contribution in [1.82, 2.24) is 0 Å². The van der Waals surface area contributed by atoms with Gasteiger partial charge < -0.3 is 9.47 Å². The molecule has 2 atom stereocenters. The topological polar surface area (TPSA) is 68.3 Å². The Morgan fingerprint density at radius 3 is 2.60 bits per heavy atom. The van der Waals surface area contributed by atoms with Crippen molar-refractivity contribution < 1.29 is 24.4 Å². The van der Waals surface area contributed by atoms with E-state index in [2.05, 4.69) is 24.0 Å². The van der Waals surface area contributed by atoms with Gasteiger partial charge in [0.15, 0.2) is 0 Å². The molecule has 1 N–H and O–H groups in total. The Morgan fingerprint density at radius 1 is 1.00 bits per heavy atom. The van der Waals surface area contributed by atoms with Gasteiger partial charge in [0.1, 0.15) is 13.2 Å². The number of hydrogen-bond acceptors (Lipinski definition) is 5. The van der Waals surface area contributed by atoms with Crippen molar-refractivity contribution in [3.8, 4) is 0 Å². The maximum absolute atomic E-state index is 11.3. The predicted molar refractivity (Wildman–Crippen MR) is 98.4 cm³/mol. The van der Waals surface area contributed by atoms with E-state index in [1.54, 1.807) is 0 Å². The summed E-state index contributed by atoms with van der Waals surface area (Å²) in [5.41, 5.74) is 0. The van der Waals surface area contributed by atoms with E-state index in [0.29, 0.717) is 18.6 Å². The molecule has 1 rings (SSSR count). The lowest BCUT2D eigenvalue weighted by Gasteiger charge is -2.03. The summed E-state index contributed by atoms with van der Waals surface area (Å²) in [6.45, 7) is 2.39. The average molecular weight is 357 g/mol. The second-order valence-electron chi connectivity index (χ2n) is 6.78. The number of rotatable bonds is 17. The highest BCUT2D eigenvalue weighted by atomic mass is 17.1. The van der Waals surface area contributed by atoms with E-state index < -0.39 is 0 Å². The Kier molecular flexibility index (Phi) is 13.6. The molecular weight excluding hydrogens is 320 g/mol. The van der Waals surface area contributed by atoms with E-state index in [1.165, 1.54) is 38.5 Å². The SMILES string of the molecule is CCCCCC1OC1C/C=C\CCCCCCCC(=O)OCCOO. The van der Waals surface area contributed by atoms with Gasteiger partial charge in [-0.1, -0.05) is 57.6 Å². The number of hydrogen-bond donors (Lipinski definition) is 1. The van der Waals surface area contributed by atoms with Crippen LogP contribution in [0.2, 0.25) is 0 Å². The van der Waals surface area contributed by atoms with E-state index in [0.717, 1.165) is 32.1 Å². The van der Waals surface area contributed by atoms with Gasteiger partial charge in [-0.3, -0.25) is 10.1 Å². The van der Waals surface area contributed by atoms with Crippen LogP contribution >= 0.6 is 0 Å². The molecule has 2 unspecified atom stereocenters. The third-order valence-corrected chi connectivity index (χ3v) is 4.50. The van der Waals surface area contributed by atoms with Crippen molar-refractivity contribution >= 4 is 5.97 Å². The first kappa shape index (κ1) is 22.1. The predicted octanol–water partition coefficient (Wildman–Crippen LogP) is 5.04. The van der Waals surface area contributed by atoms with E-state index >= 15 is 0 Å². The second-order valence-corrected chi connectivity index (χ2v) is 6.78. The molecular formula is C20H36O5. The van der Waals surface area contributed by atoms with Gasteiger partial charge in [-0.25, -0.2) is 4.89 Å². The number of carbonyl (C=O) groups excluding carboxylic acids is 1. The van der Waals surface area contributed by atoms with Crippen molar-refractivity contribution in [2.75, 3.05) is 13.2 Å². The molecule has 1 aliphatic heterocycles. The van der Waals surface area contributed by atoms with Crippen LogP contribution in [-0.2, 0) is 19.2 Å². The van der Waals surface area contributed by atoms with Crippen LogP contribution in [-0.4, -0.2) is 36.6 Å². The first-order valence-electron chi connectivity index (χ1n) is 10.00. The largest absolute Gasteiger partial charge is 0.463 e. The van der Waals surface area contributed by atoms with Crippen molar-refractivity contribution in [3.63, 3.8) is 0 Å². The summed E-state index contributed by atoms with van der Waals surface area (Å²) in [6, 6.07) is 0. The highest BCUT2D eigenvalue weighted by Gasteiger charge is 2.36. The highest BCUT2D eigenvalue weighted by Crippen LogP contribution is 2.30. The van der Waals surface area contributed by atoms with E-state index in [1.807, 2.05) is 0 Å². The van der Waals surface area contributed by atoms with Crippen LogP contribution in [0, 0.1) is 0 Å². The molecule has 0 amide bonds. The molecule has 146 valence electrons. The lowest BCUT2D eigenvalue weighted by molar-refractivity contribution is -0.248. The fraction of sp³-hybridized carbons (Fsp3) is 0.850. The average Bonchev–Trinajstić information content (AvgIpc) is 3.35. The molecule has 1 heterocycles. The van der Waals surface area contributed by atoms with Crippen LogP contribution in [0.5, 0.6) is 0 Å². The first-order valence-corrected chi connectivity index (χ1v) is 10.00. The van der Waals surface area contributed by atoms with Crippen molar-refractivity contribution in [1.29, 1.82) is 0 Å². The lowest BCUT2D eigenvalue weighted by atomic mass is 10.1. The Bertz CT molecular complexity index is 356. The van der Waals surface area contributed by atoms with E-state index in [-0.39, 0.29) is 19.2 Å². The second kappa shape index (κ2) is 15.4. The Hall–Kier alpha value is -0.910. The Balaban J connectivity index is 1.79. The van der Waals surface area contributed by atoms with Crippen LogP contribution in [0.25, 0.3) is 0 Å². The van der Waals surface area contributed by atoms with Crippen LogP contribution in [0.3, 0.4) is 0 Å². The standard InChI is InChI=1S/C20H36O5/c1-2-3-10-13-18-19(25-18)14-11-8-6-4-5-7-9-12-15-20(21)23-16-17-24-22/h8,11,18-19,22H,2-7,9-10,12-17H2,1H3/b11-8-. The maximum atomic E-state index is 11.3. The van der Waals surface area contributed by atoms with Crippen molar-refractivity contribution in [2.24, 2.45) is 0 Å². The molecule has 0 aromatic carbocycles. The van der Waals surface area contributed by atoms with Gasteiger partial charge in [0.25, 0.3) is 0 Å². The Labute approximate surface area is 152 Å². The zero-order valence-corrected chi connectivity index (χ0v) is 15.8. The summed E-state index contributed by atoms with van der Waals surface area (Å²) in [4.78, 5) is 15.1. The maximum Gasteiger partial charge on any atom is 0.305 e. The van der Waals surface area contributed by atoms with Gasteiger partial charge in [0, 0.05) is 6.42 Å². The summed E-state index contributed by atoms with van der Waals surface area (Å²) in [7, 11) is 0. The zero-order chi connectivity index (χ0) is 18.2. The molecule has 1 aliphatic rings. The minimum atomic E-state index is -0.213. The summed E-state index contributed by atoms with van der Waals surface area (Å²) in [6.07, 6.45) is 18.9. The molecule has 0 radical (unpaired) electrons. The summed E-state index contributed by atoms with van der Waals surface area (Å²) >= 11 is 0. The molecule has 0 aliphatic carbocycles. The molecule has 1 fully saturated rings. The third-order valence-electron chi connectivity index (χ3n) is 4.50. The van der Waals surface area contributed by atoms with Gasteiger partial charge in [-0.15, -0.1) is 0 Å². The smallest absolute Gasteiger partial charge is 0.305 e. The number of epoxide rings is 1. The van der Waals surface area contributed by atoms with Crippen molar-refractivity contribution in [2.45, 2.75) is 96.2 Å². The number of unbranched alkanes of at least 4 members (excludes halogenated alkanes) is 7. The number of carbonyl (C=O) groups is 1. The van der Waals surface area contributed by atoms with Gasteiger partial charge in [-0.05, 0) is 32.1 Å². The fourth-order valence-corrected chi connectivity index (χ4v) is 2.91. The summed E-state index contributed by atoms with van der Waals surface area (Å²) < 4.78 is 10.5. The quantitative estimate of drug-likeness (QED) is 0.0987. The molecule has 0 spiro atoms. The molecule has 0 aromatic heterocycles. The highest BCUT2D eigenvalue weighted by molar-refractivity contribution is 5.69. The molecule has 5 heteroatoms. The minimum absolute atomic E-state index is 0.0334.